The van der Waals surface area contributed by atoms with Crippen molar-refractivity contribution in [3.8, 4) is 0 Å². The first kappa shape index (κ1) is 7.38. The van der Waals surface area contributed by atoms with Gasteiger partial charge in [-0.1, -0.05) is 0 Å². The minimum atomic E-state index is 0.406. The van der Waals surface area contributed by atoms with Crippen LogP contribution in [-0.2, 0) is 4.74 Å². The number of nitrogens with one attached hydrogen (secondary N) is 1. The van der Waals surface area contributed by atoms with E-state index >= 15 is 0 Å². The molecule has 54 valence electrons. The molecule has 1 heterocycles. The molecule has 1 fully saturated rings. The molecule has 0 aliphatic carbocycles. The van der Waals surface area contributed by atoms with Gasteiger partial charge in [-0.3, -0.25) is 0 Å². The summed E-state index contributed by atoms with van der Waals surface area (Å²) >= 11 is 1.88. The summed E-state index contributed by atoms with van der Waals surface area (Å²) in [4.78, 5) is 0. The number of ether oxygens (including phenoxy) is 1. The van der Waals surface area contributed by atoms with Crippen LogP contribution in [0.2, 0.25) is 0 Å². The van der Waals surface area contributed by atoms with Gasteiger partial charge in [0.1, 0.15) is 5.44 Å². The van der Waals surface area contributed by atoms with Crippen LogP contribution in [-0.4, -0.2) is 30.9 Å². The standard InChI is InChI=1S/C6H13NOS/c1-5-8-6(3-7-2)4-9-5/h5-7H,3-4H2,1-2H3. The lowest BCUT2D eigenvalue weighted by Crippen LogP contribution is -2.25. The summed E-state index contributed by atoms with van der Waals surface area (Å²) in [5.74, 6) is 1.14. The van der Waals surface area contributed by atoms with Crippen molar-refractivity contribution < 1.29 is 4.74 Å². The van der Waals surface area contributed by atoms with Crippen molar-refractivity contribution in [1.29, 1.82) is 0 Å². The Bertz CT molecular complexity index is 87.1. The predicted octanol–water partition coefficient (Wildman–Crippen LogP) is 0.684. The van der Waals surface area contributed by atoms with Gasteiger partial charge in [0.2, 0.25) is 0 Å². The highest BCUT2D eigenvalue weighted by molar-refractivity contribution is 7.99. The van der Waals surface area contributed by atoms with E-state index in [0.29, 0.717) is 11.5 Å². The van der Waals surface area contributed by atoms with Gasteiger partial charge in [-0.15, -0.1) is 11.8 Å². The molecule has 0 spiro atoms. The Hall–Kier alpha value is 0.270. The number of hydrogen-bond donors (Lipinski definition) is 1. The molecule has 0 amide bonds. The predicted molar refractivity (Wildman–Crippen MR) is 40.7 cm³/mol. The average Bonchev–Trinajstić information content (AvgIpc) is 2.17. The van der Waals surface area contributed by atoms with Gasteiger partial charge in [-0.05, 0) is 14.0 Å². The number of rotatable bonds is 2. The lowest BCUT2D eigenvalue weighted by Gasteiger charge is -2.07. The van der Waals surface area contributed by atoms with Crippen molar-refractivity contribution in [1.82, 2.24) is 5.32 Å². The highest BCUT2D eigenvalue weighted by Gasteiger charge is 2.20. The van der Waals surface area contributed by atoms with Crippen molar-refractivity contribution in [2.24, 2.45) is 0 Å². The topological polar surface area (TPSA) is 21.3 Å². The zero-order valence-corrected chi connectivity index (χ0v) is 6.70. The van der Waals surface area contributed by atoms with E-state index in [2.05, 4.69) is 12.2 Å². The Balaban J connectivity index is 2.14. The summed E-state index contributed by atoms with van der Waals surface area (Å²) in [6.45, 7) is 3.08. The van der Waals surface area contributed by atoms with Gasteiger partial charge in [-0.25, -0.2) is 0 Å². The molecule has 1 saturated heterocycles. The summed E-state index contributed by atoms with van der Waals surface area (Å²) in [5, 5.41) is 3.09. The first-order valence-corrected chi connectivity index (χ1v) is 4.29. The van der Waals surface area contributed by atoms with Crippen LogP contribution in [0.1, 0.15) is 6.92 Å². The summed E-state index contributed by atoms with van der Waals surface area (Å²) in [6.07, 6.45) is 0.440. The molecule has 3 heteroatoms. The Morgan fingerprint density at radius 1 is 1.78 bits per heavy atom. The van der Waals surface area contributed by atoms with Crippen LogP contribution >= 0.6 is 11.8 Å². The Morgan fingerprint density at radius 3 is 3.00 bits per heavy atom. The molecule has 1 aliphatic rings. The van der Waals surface area contributed by atoms with Crippen LogP contribution in [0.5, 0.6) is 0 Å². The molecule has 2 atom stereocenters. The zero-order valence-electron chi connectivity index (χ0n) is 5.89. The molecule has 0 aromatic rings. The summed E-state index contributed by atoms with van der Waals surface area (Å²) in [5.41, 5.74) is 0.406. The molecule has 1 N–H and O–H groups in total. The van der Waals surface area contributed by atoms with E-state index in [1.807, 2.05) is 18.8 Å². The SMILES string of the molecule is CNCC1CSC(C)O1. The van der Waals surface area contributed by atoms with Crippen LogP contribution in [0.3, 0.4) is 0 Å². The average molecular weight is 147 g/mol. The molecule has 1 aliphatic heterocycles. The third-order valence-corrected chi connectivity index (χ3v) is 2.48. The molecule has 0 aromatic heterocycles. The second kappa shape index (κ2) is 3.44. The van der Waals surface area contributed by atoms with E-state index in [1.54, 1.807) is 0 Å². The van der Waals surface area contributed by atoms with E-state index in [-0.39, 0.29) is 0 Å². The van der Waals surface area contributed by atoms with Crippen molar-refractivity contribution in [3.05, 3.63) is 0 Å². The third kappa shape index (κ3) is 2.16. The maximum atomic E-state index is 5.50. The summed E-state index contributed by atoms with van der Waals surface area (Å²) < 4.78 is 5.50. The molecule has 0 bridgehead atoms. The Labute approximate surface area is 60.3 Å². The largest absolute Gasteiger partial charge is 0.362 e. The first-order valence-electron chi connectivity index (χ1n) is 3.24. The second-order valence-electron chi connectivity index (χ2n) is 2.22. The van der Waals surface area contributed by atoms with E-state index in [1.165, 1.54) is 0 Å². The lowest BCUT2D eigenvalue weighted by molar-refractivity contribution is 0.0771. The summed E-state index contributed by atoms with van der Waals surface area (Å²) in [7, 11) is 1.96. The van der Waals surface area contributed by atoms with Crippen molar-refractivity contribution in [3.63, 3.8) is 0 Å². The van der Waals surface area contributed by atoms with Gasteiger partial charge in [0.05, 0.1) is 6.10 Å². The lowest BCUT2D eigenvalue weighted by atomic mass is 10.4. The van der Waals surface area contributed by atoms with Crippen LogP contribution in [0.15, 0.2) is 0 Å². The Kier molecular flexibility index (Phi) is 2.82. The van der Waals surface area contributed by atoms with Crippen molar-refractivity contribution in [2.45, 2.75) is 18.5 Å². The molecule has 2 nitrogen and oxygen atoms in total. The first-order chi connectivity index (χ1) is 4.33. The molecule has 0 radical (unpaired) electrons. The van der Waals surface area contributed by atoms with Crippen LogP contribution < -0.4 is 5.32 Å². The molecule has 9 heavy (non-hydrogen) atoms. The molecular formula is C6H13NOS. The van der Waals surface area contributed by atoms with Gasteiger partial charge in [0, 0.05) is 12.3 Å². The van der Waals surface area contributed by atoms with Crippen LogP contribution in [0.25, 0.3) is 0 Å². The monoisotopic (exact) mass is 147 g/mol. The second-order valence-corrected chi connectivity index (χ2v) is 3.55. The number of thioether (sulfide) groups is 1. The van der Waals surface area contributed by atoms with Crippen LogP contribution in [0.4, 0.5) is 0 Å². The van der Waals surface area contributed by atoms with Gasteiger partial charge in [0.15, 0.2) is 0 Å². The van der Waals surface area contributed by atoms with Crippen LogP contribution in [0, 0.1) is 0 Å². The molecular weight excluding hydrogens is 134 g/mol. The van der Waals surface area contributed by atoms with Gasteiger partial charge < -0.3 is 10.1 Å². The van der Waals surface area contributed by atoms with Gasteiger partial charge >= 0.3 is 0 Å². The van der Waals surface area contributed by atoms with E-state index in [0.717, 1.165) is 12.3 Å². The van der Waals surface area contributed by atoms with Gasteiger partial charge in [0.25, 0.3) is 0 Å². The highest BCUT2D eigenvalue weighted by atomic mass is 32.2. The fraction of sp³-hybridized carbons (Fsp3) is 1.00. The van der Waals surface area contributed by atoms with E-state index < -0.39 is 0 Å². The maximum Gasteiger partial charge on any atom is 0.100 e. The maximum absolute atomic E-state index is 5.50. The van der Waals surface area contributed by atoms with E-state index in [4.69, 9.17) is 4.74 Å². The molecule has 1 rings (SSSR count). The quantitative estimate of drug-likeness (QED) is 0.620. The minimum absolute atomic E-state index is 0.406. The third-order valence-electron chi connectivity index (χ3n) is 1.33. The number of hydrogen-bond acceptors (Lipinski definition) is 3. The fourth-order valence-electron chi connectivity index (χ4n) is 0.927. The minimum Gasteiger partial charge on any atom is -0.362 e. The smallest absolute Gasteiger partial charge is 0.100 e. The highest BCUT2D eigenvalue weighted by Crippen LogP contribution is 2.23. The van der Waals surface area contributed by atoms with Crippen molar-refractivity contribution in [2.75, 3.05) is 19.3 Å². The van der Waals surface area contributed by atoms with E-state index in [9.17, 15) is 0 Å². The molecule has 0 aromatic carbocycles. The normalized spacial score (nSPS) is 35.3. The fourth-order valence-corrected chi connectivity index (χ4v) is 1.84. The van der Waals surface area contributed by atoms with Crippen molar-refractivity contribution >= 4 is 11.8 Å². The number of likely N-dealkylation sites (N-methyl/N-ethyl adjacent to an activating group) is 1. The summed E-state index contributed by atoms with van der Waals surface area (Å²) in [6, 6.07) is 0. The Morgan fingerprint density at radius 2 is 2.56 bits per heavy atom. The van der Waals surface area contributed by atoms with Gasteiger partial charge in [-0.2, -0.15) is 0 Å². The zero-order chi connectivity index (χ0) is 6.69. The molecule has 0 saturated carbocycles. The molecule has 2 unspecified atom stereocenters.